The van der Waals surface area contributed by atoms with Gasteiger partial charge in [-0.2, -0.15) is 0 Å². The SMILES string of the molecule is CCN=C(NN)N(C)C1CCCCC1C. The molecule has 0 aromatic carbocycles. The van der Waals surface area contributed by atoms with Gasteiger partial charge in [0.25, 0.3) is 0 Å². The summed E-state index contributed by atoms with van der Waals surface area (Å²) in [6.07, 6.45) is 5.26. The largest absolute Gasteiger partial charge is 0.342 e. The second-order valence-corrected chi connectivity index (χ2v) is 4.38. The highest BCUT2D eigenvalue weighted by molar-refractivity contribution is 5.79. The zero-order valence-corrected chi connectivity index (χ0v) is 10.2. The second-order valence-electron chi connectivity index (χ2n) is 4.38. The first-order chi connectivity index (χ1) is 7.20. The third kappa shape index (κ3) is 3.09. The molecule has 4 nitrogen and oxygen atoms in total. The summed E-state index contributed by atoms with van der Waals surface area (Å²) in [5.74, 6) is 7.04. The minimum atomic E-state index is 0.583. The van der Waals surface area contributed by atoms with Crippen molar-refractivity contribution in [2.45, 2.75) is 45.6 Å². The zero-order chi connectivity index (χ0) is 11.3. The summed E-state index contributed by atoms with van der Waals surface area (Å²) in [7, 11) is 2.08. The van der Waals surface area contributed by atoms with E-state index >= 15 is 0 Å². The van der Waals surface area contributed by atoms with Crippen LogP contribution in [0.4, 0.5) is 0 Å². The molecular weight excluding hydrogens is 188 g/mol. The van der Waals surface area contributed by atoms with E-state index in [0.29, 0.717) is 6.04 Å². The minimum Gasteiger partial charge on any atom is -0.342 e. The molecule has 0 aromatic rings. The van der Waals surface area contributed by atoms with Crippen LogP contribution in [0.1, 0.15) is 39.5 Å². The maximum Gasteiger partial charge on any atom is 0.208 e. The molecular formula is C11H24N4. The fourth-order valence-corrected chi connectivity index (χ4v) is 2.44. The van der Waals surface area contributed by atoms with Crippen LogP contribution in [0.3, 0.4) is 0 Å². The molecule has 0 radical (unpaired) electrons. The molecule has 1 aliphatic rings. The lowest BCUT2D eigenvalue weighted by atomic mass is 9.85. The standard InChI is InChI=1S/C11H24N4/c1-4-13-11(14-12)15(3)10-8-6-5-7-9(10)2/h9-10H,4-8,12H2,1-3H3,(H,13,14). The number of hydrogen-bond donors (Lipinski definition) is 2. The minimum absolute atomic E-state index is 0.583. The summed E-state index contributed by atoms with van der Waals surface area (Å²) in [5, 5.41) is 0. The average Bonchev–Trinajstić information content (AvgIpc) is 2.25. The van der Waals surface area contributed by atoms with Crippen molar-refractivity contribution in [2.24, 2.45) is 16.8 Å². The van der Waals surface area contributed by atoms with E-state index < -0.39 is 0 Å². The normalized spacial score (nSPS) is 27.6. The van der Waals surface area contributed by atoms with Gasteiger partial charge in [-0.05, 0) is 25.7 Å². The fourth-order valence-electron chi connectivity index (χ4n) is 2.44. The highest BCUT2D eigenvalue weighted by atomic mass is 15.4. The van der Waals surface area contributed by atoms with Gasteiger partial charge in [0.05, 0.1) is 0 Å². The number of hydrazine groups is 1. The maximum atomic E-state index is 5.49. The Morgan fingerprint density at radius 3 is 2.67 bits per heavy atom. The number of guanidine groups is 1. The summed E-state index contributed by atoms with van der Waals surface area (Å²) in [6.45, 7) is 5.11. The smallest absolute Gasteiger partial charge is 0.208 e. The second kappa shape index (κ2) is 5.95. The molecule has 1 rings (SSSR count). The summed E-state index contributed by atoms with van der Waals surface area (Å²) < 4.78 is 0. The van der Waals surface area contributed by atoms with Crippen LogP contribution in [0, 0.1) is 5.92 Å². The zero-order valence-electron chi connectivity index (χ0n) is 10.2. The van der Waals surface area contributed by atoms with Gasteiger partial charge in [-0.25, -0.2) is 5.84 Å². The summed E-state index contributed by atoms with van der Waals surface area (Å²) in [5.41, 5.74) is 2.70. The lowest BCUT2D eigenvalue weighted by Crippen LogP contribution is -2.50. The van der Waals surface area contributed by atoms with Crippen molar-refractivity contribution < 1.29 is 0 Å². The first-order valence-electron chi connectivity index (χ1n) is 5.94. The van der Waals surface area contributed by atoms with Crippen molar-refractivity contribution in [1.82, 2.24) is 10.3 Å². The molecule has 1 aliphatic carbocycles. The molecule has 3 N–H and O–H groups in total. The number of nitrogens with one attached hydrogen (secondary N) is 1. The monoisotopic (exact) mass is 212 g/mol. The van der Waals surface area contributed by atoms with E-state index in [9.17, 15) is 0 Å². The van der Waals surface area contributed by atoms with E-state index in [-0.39, 0.29) is 0 Å². The molecule has 0 aliphatic heterocycles. The van der Waals surface area contributed by atoms with Gasteiger partial charge >= 0.3 is 0 Å². The van der Waals surface area contributed by atoms with Crippen LogP contribution in [0.2, 0.25) is 0 Å². The molecule has 1 fully saturated rings. The van der Waals surface area contributed by atoms with E-state index in [4.69, 9.17) is 5.84 Å². The average molecular weight is 212 g/mol. The predicted molar refractivity (Wildman–Crippen MR) is 64.5 cm³/mol. The molecule has 0 saturated heterocycles. The lowest BCUT2D eigenvalue weighted by Gasteiger charge is -2.37. The van der Waals surface area contributed by atoms with E-state index in [1.807, 2.05) is 6.92 Å². The first-order valence-corrected chi connectivity index (χ1v) is 5.94. The van der Waals surface area contributed by atoms with Crippen LogP contribution in [0.5, 0.6) is 0 Å². The first kappa shape index (κ1) is 12.3. The molecule has 0 amide bonds. The molecule has 1 saturated carbocycles. The van der Waals surface area contributed by atoms with Crippen LogP contribution in [-0.4, -0.2) is 30.5 Å². The molecule has 2 atom stereocenters. The van der Waals surface area contributed by atoms with Crippen molar-refractivity contribution in [3.8, 4) is 0 Å². The van der Waals surface area contributed by atoms with Crippen LogP contribution < -0.4 is 11.3 Å². The van der Waals surface area contributed by atoms with Gasteiger partial charge in [-0.1, -0.05) is 19.8 Å². The van der Waals surface area contributed by atoms with Crippen molar-refractivity contribution in [2.75, 3.05) is 13.6 Å². The van der Waals surface area contributed by atoms with E-state index in [2.05, 4.69) is 29.3 Å². The third-order valence-corrected chi connectivity index (χ3v) is 3.33. The Morgan fingerprint density at radius 1 is 1.47 bits per heavy atom. The number of aliphatic imine (C=N–C) groups is 1. The van der Waals surface area contributed by atoms with E-state index in [1.165, 1.54) is 25.7 Å². The Hall–Kier alpha value is -0.770. The number of hydrogen-bond acceptors (Lipinski definition) is 2. The van der Waals surface area contributed by atoms with E-state index in [0.717, 1.165) is 18.4 Å². The van der Waals surface area contributed by atoms with E-state index in [1.54, 1.807) is 0 Å². The van der Waals surface area contributed by atoms with Gasteiger partial charge < -0.3 is 4.90 Å². The van der Waals surface area contributed by atoms with Gasteiger partial charge in [0.2, 0.25) is 5.96 Å². The quantitative estimate of drug-likeness (QED) is 0.314. The van der Waals surface area contributed by atoms with Crippen LogP contribution in [0.15, 0.2) is 4.99 Å². The fraction of sp³-hybridized carbons (Fsp3) is 0.909. The van der Waals surface area contributed by atoms with Gasteiger partial charge in [0, 0.05) is 19.6 Å². The Morgan fingerprint density at radius 2 is 2.13 bits per heavy atom. The molecule has 0 heterocycles. The highest BCUT2D eigenvalue weighted by Gasteiger charge is 2.26. The maximum absolute atomic E-state index is 5.49. The predicted octanol–water partition coefficient (Wildman–Crippen LogP) is 1.34. The molecule has 0 spiro atoms. The molecule has 15 heavy (non-hydrogen) atoms. The van der Waals surface area contributed by atoms with Crippen LogP contribution in [0.25, 0.3) is 0 Å². The Labute approximate surface area is 92.9 Å². The van der Waals surface area contributed by atoms with Gasteiger partial charge in [0.15, 0.2) is 0 Å². The molecule has 4 heteroatoms. The van der Waals surface area contributed by atoms with Crippen molar-refractivity contribution in [3.63, 3.8) is 0 Å². The molecule has 0 aromatic heterocycles. The Kier molecular flexibility index (Phi) is 4.88. The summed E-state index contributed by atoms with van der Waals surface area (Å²) in [6, 6.07) is 0.583. The third-order valence-electron chi connectivity index (χ3n) is 3.33. The Balaban J connectivity index is 2.63. The number of nitrogens with zero attached hydrogens (tertiary/aromatic N) is 2. The molecule has 2 unspecified atom stereocenters. The topological polar surface area (TPSA) is 53.6 Å². The highest BCUT2D eigenvalue weighted by Crippen LogP contribution is 2.27. The van der Waals surface area contributed by atoms with Gasteiger partial charge in [0.1, 0.15) is 0 Å². The molecule has 88 valence electrons. The van der Waals surface area contributed by atoms with Crippen molar-refractivity contribution >= 4 is 5.96 Å². The van der Waals surface area contributed by atoms with Gasteiger partial charge in [-0.3, -0.25) is 10.4 Å². The summed E-state index contributed by atoms with van der Waals surface area (Å²) in [4.78, 5) is 6.56. The lowest BCUT2D eigenvalue weighted by molar-refractivity contribution is 0.201. The van der Waals surface area contributed by atoms with Crippen LogP contribution in [-0.2, 0) is 0 Å². The molecule has 0 bridgehead atoms. The Bertz CT molecular complexity index is 215. The van der Waals surface area contributed by atoms with Crippen molar-refractivity contribution in [3.05, 3.63) is 0 Å². The number of rotatable bonds is 2. The van der Waals surface area contributed by atoms with Crippen molar-refractivity contribution in [1.29, 1.82) is 0 Å². The number of nitrogens with two attached hydrogens (primary N) is 1. The van der Waals surface area contributed by atoms with Crippen LogP contribution >= 0.6 is 0 Å². The van der Waals surface area contributed by atoms with Gasteiger partial charge in [-0.15, -0.1) is 0 Å². The summed E-state index contributed by atoms with van der Waals surface area (Å²) >= 11 is 0.